The first kappa shape index (κ1) is 18.7. The normalized spacial score (nSPS) is 14.0. The molecule has 1 aliphatic rings. The van der Waals surface area contributed by atoms with Gasteiger partial charge in [0.15, 0.2) is 5.82 Å². The lowest BCUT2D eigenvalue weighted by Crippen LogP contribution is -2.48. The van der Waals surface area contributed by atoms with E-state index in [9.17, 15) is 4.79 Å². The highest BCUT2D eigenvalue weighted by molar-refractivity contribution is 5.95. The number of nitriles is 1. The molecule has 2 aromatic carbocycles. The van der Waals surface area contributed by atoms with Gasteiger partial charge in [0.1, 0.15) is 5.82 Å². The topological polar surface area (TPSA) is 78.0 Å². The number of nitrogens with zero attached hydrogens (tertiary/aromatic N) is 6. The summed E-state index contributed by atoms with van der Waals surface area (Å²) in [5.41, 5.74) is 3.28. The fourth-order valence-electron chi connectivity index (χ4n) is 3.65. The minimum Gasteiger partial charge on any atom is -0.368 e. The Morgan fingerprint density at radius 1 is 1.07 bits per heavy atom. The molecule has 3 aromatic rings. The van der Waals surface area contributed by atoms with E-state index >= 15 is 0 Å². The lowest BCUT2D eigenvalue weighted by Gasteiger charge is -2.36. The molecule has 1 saturated heterocycles. The van der Waals surface area contributed by atoms with Gasteiger partial charge in [0.25, 0.3) is 5.91 Å². The lowest BCUT2D eigenvalue weighted by atomic mass is 10.1. The van der Waals surface area contributed by atoms with Crippen molar-refractivity contribution in [2.45, 2.75) is 6.92 Å². The van der Waals surface area contributed by atoms with Crippen LogP contribution in [0.25, 0.3) is 11.4 Å². The molecule has 2 heterocycles. The lowest BCUT2D eigenvalue weighted by molar-refractivity contribution is 0.0747. The van der Waals surface area contributed by atoms with Crippen LogP contribution in [0.3, 0.4) is 0 Å². The number of carbonyl (C=O) groups is 1. The van der Waals surface area contributed by atoms with Crippen molar-refractivity contribution >= 4 is 11.6 Å². The molecular formula is C22H22N6O. The van der Waals surface area contributed by atoms with Crippen LogP contribution >= 0.6 is 0 Å². The predicted octanol–water partition coefficient (Wildman–Crippen LogP) is 2.62. The number of piperazine rings is 1. The minimum atomic E-state index is 0.0326. The summed E-state index contributed by atoms with van der Waals surface area (Å²) in [6, 6.07) is 17.3. The molecule has 7 heteroatoms. The smallest absolute Gasteiger partial charge is 0.253 e. The summed E-state index contributed by atoms with van der Waals surface area (Å²) in [5.74, 6) is 1.49. The maximum Gasteiger partial charge on any atom is 0.253 e. The molecule has 0 unspecified atom stereocenters. The fourth-order valence-corrected chi connectivity index (χ4v) is 3.65. The zero-order valence-electron chi connectivity index (χ0n) is 16.5. The Hall–Kier alpha value is -3.66. The summed E-state index contributed by atoms with van der Waals surface area (Å²) < 4.78 is 1.73. The van der Waals surface area contributed by atoms with Crippen LogP contribution in [0.15, 0.2) is 48.5 Å². The van der Waals surface area contributed by atoms with E-state index in [1.54, 1.807) is 4.68 Å². The molecule has 0 spiro atoms. The molecule has 1 fully saturated rings. The number of hydrogen-bond acceptors (Lipinski definition) is 5. The third-order valence-corrected chi connectivity index (χ3v) is 5.17. The Balaban J connectivity index is 1.45. The summed E-state index contributed by atoms with van der Waals surface area (Å²) in [4.78, 5) is 21.6. The summed E-state index contributed by atoms with van der Waals surface area (Å²) in [5, 5.41) is 13.2. The molecule has 0 saturated carbocycles. The Kier molecular flexibility index (Phi) is 5.00. The van der Waals surface area contributed by atoms with Crippen LogP contribution in [-0.4, -0.2) is 51.8 Å². The number of carbonyl (C=O) groups excluding carboxylic acids is 1. The second-order valence-corrected chi connectivity index (χ2v) is 7.12. The third-order valence-electron chi connectivity index (χ3n) is 5.17. The van der Waals surface area contributed by atoms with Gasteiger partial charge in [-0.25, -0.2) is 9.67 Å². The fraction of sp³-hybridized carbons (Fsp3) is 0.273. The van der Waals surface area contributed by atoms with Gasteiger partial charge in [0.05, 0.1) is 11.6 Å². The van der Waals surface area contributed by atoms with E-state index in [1.807, 2.05) is 67.4 Å². The van der Waals surface area contributed by atoms with Gasteiger partial charge in [-0.1, -0.05) is 12.1 Å². The van der Waals surface area contributed by atoms with Crippen LogP contribution in [0.1, 0.15) is 21.7 Å². The van der Waals surface area contributed by atoms with Gasteiger partial charge in [-0.05, 0) is 43.3 Å². The van der Waals surface area contributed by atoms with Crippen molar-refractivity contribution in [1.82, 2.24) is 19.7 Å². The molecular weight excluding hydrogens is 364 g/mol. The zero-order valence-corrected chi connectivity index (χ0v) is 16.5. The van der Waals surface area contributed by atoms with Crippen molar-refractivity contribution in [1.29, 1.82) is 5.26 Å². The molecule has 29 heavy (non-hydrogen) atoms. The van der Waals surface area contributed by atoms with Crippen LogP contribution in [-0.2, 0) is 7.05 Å². The number of rotatable bonds is 3. The summed E-state index contributed by atoms with van der Waals surface area (Å²) >= 11 is 0. The molecule has 1 aliphatic heterocycles. The first-order valence-electron chi connectivity index (χ1n) is 9.57. The highest BCUT2D eigenvalue weighted by Gasteiger charge is 2.23. The van der Waals surface area contributed by atoms with Gasteiger partial charge in [0.2, 0.25) is 0 Å². The average Bonchev–Trinajstić information content (AvgIpc) is 3.11. The number of aryl methyl sites for hydroxylation is 2. The van der Waals surface area contributed by atoms with Crippen molar-refractivity contribution in [3.8, 4) is 17.5 Å². The molecule has 7 nitrogen and oxygen atoms in total. The predicted molar refractivity (Wildman–Crippen MR) is 110 cm³/mol. The van der Waals surface area contributed by atoms with E-state index in [2.05, 4.69) is 21.1 Å². The van der Waals surface area contributed by atoms with E-state index in [-0.39, 0.29) is 5.91 Å². The minimum absolute atomic E-state index is 0.0326. The molecule has 0 aliphatic carbocycles. The molecule has 0 atom stereocenters. The van der Waals surface area contributed by atoms with E-state index in [1.165, 1.54) is 0 Å². The number of anilines is 1. The van der Waals surface area contributed by atoms with Gasteiger partial charge in [-0.3, -0.25) is 4.79 Å². The van der Waals surface area contributed by atoms with E-state index < -0.39 is 0 Å². The second kappa shape index (κ2) is 7.76. The Morgan fingerprint density at radius 3 is 2.41 bits per heavy atom. The van der Waals surface area contributed by atoms with Gasteiger partial charge in [-0.15, -0.1) is 0 Å². The van der Waals surface area contributed by atoms with Crippen LogP contribution in [0.4, 0.5) is 5.69 Å². The summed E-state index contributed by atoms with van der Waals surface area (Å²) in [6.45, 7) is 4.70. The van der Waals surface area contributed by atoms with Crippen LogP contribution in [0, 0.1) is 18.3 Å². The zero-order chi connectivity index (χ0) is 20.4. The van der Waals surface area contributed by atoms with E-state index in [4.69, 9.17) is 5.26 Å². The Labute approximate surface area is 169 Å². The number of benzene rings is 2. The van der Waals surface area contributed by atoms with Gasteiger partial charge in [-0.2, -0.15) is 10.4 Å². The maximum atomic E-state index is 13.0. The van der Waals surface area contributed by atoms with Crippen LogP contribution in [0.2, 0.25) is 0 Å². The Bertz CT molecular complexity index is 1070. The Morgan fingerprint density at radius 2 is 1.79 bits per heavy atom. The average molecular weight is 386 g/mol. The SMILES string of the molecule is Cc1nc(-c2cccc(C(=O)N3CCN(c4ccc(C#N)cc4)CC3)c2)n(C)n1. The number of aromatic nitrogens is 3. The molecule has 0 radical (unpaired) electrons. The highest BCUT2D eigenvalue weighted by atomic mass is 16.2. The summed E-state index contributed by atoms with van der Waals surface area (Å²) in [7, 11) is 1.85. The van der Waals surface area contributed by atoms with Crippen LogP contribution < -0.4 is 4.90 Å². The van der Waals surface area contributed by atoms with Crippen molar-refractivity contribution in [3.63, 3.8) is 0 Å². The van der Waals surface area contributed by atoms with Gasteiger partial charge in [0, 0.05) is 50.0 Å². The number of hydrogen-bond donors (Lipinski definition) is 0. The molecule has 4 rings (SSSR count). The largest absolute Gasteiger partial charge is 0.368 e. The number of amides is 1. The molecule has 146 valence electrons. The van der Waals surface area contributed by atoms with Gasteiger partial charge >= 0.3 is 0 Å². The van der Waals surface area contributed by atoms with Crippen molar-refractivity contribution in [3.05, 3.63) is 65.5 Å². The maximum absolute atomic E-state index is 13.0. The molecule has 0 bridgehead atoms. The van der Waals surface area contributed by atoms with Crippen molar-refractivity contribution in [2.75, 3.05) is 31.1 Å². The van der Waals surface area contributed by atoms with Crippen molar-refractivity contribution < 1.29 is 4.79 Å². The third kappa shape index (κ3) is 3.83. The first-order chi connectivity index (χ1) is 14.0. The summed E-state index contributed by atoms with van der Waals surface area (Å²) in [6.07, 6.45) is 0. The standard InChI is InChI=1S/C22H22N6O/c1-16-24-21(26(2)25-16)18-4-3-5-19(14-18)22(29)28-12-10-27(11-13-28)20-8-6-17(15-23)7-9-20/h3-9,14H,10-13H2,1-2H3. The van der Waals surface area contributed by atoms with Crippen molar-refractivity contribution in [2.24, 2.45) is 7.05 Å². The quantitative estimate of drug-likeness (QED) is 0.691. The van der Waals surface area contributed by atoms with E-state index in [0.717, 1.165) is 30.2 Å². The molecule has 0 N–H and O–H groups in total. The van der Waals surface area contributed by atoms with E-state index in [0.29, 0.717) is 30.0 Å². The first-order valence-corrected chi connectivity index (χ1v) is 9.57. The molecule has 1 amide bonds. The second-order valence-electron chi connectivity index (χ2n) is 7.12. The molecule has 1 aromatic heterocycles. The monoisotopic (exact) mass is 386 g/mol. The van der Waals surface area contributed by atoms with Gasteiger partial charge < -0.3 is 9.80 Å². The highest BCUT2D eigenvalue weighted by Crippen LogP contribution is 2.21. The van der Waals surface area contributed by atoms with Crippen LogP contribution in [0.5, 0.6) is 0 Å².